The Morgan fingerprint density at radius 3 is 2.82 bits per heavy atom. The van der Waals surface area contributed by atoms with Gasteiger partial charge in [0.1, 0.15) is 4.83 Å². The number of tetrazole rings is 1. The lowest BCUT2D eigenvalue weighted by Gasteiger charge is -2.33. The van der Waals surface area contributed by atoms with Gasteiger partial charge in [-0.2, -0.15) is 4.52 Å². The molecule has 0 amide bonds. The summed E-state index contributed by atoms with van der Waals surface area (Å²) in [6.07, 6.45) is 3.16. The van der Waals surface area contributed by atoms with Gasteiger partial charge in [-0.25, -0.2) is 0 Å². The Bertz CT molecular complexity index is 943. The zero-order valence-electron chi connectivity index (χ0n) is 13.3. The minimum Gasteiger partial charge on any atom is -0.278 e. The van der Waals surface area contributed by atoms with Gasteiger partial charge < -0.3 is 0 Å². The van der Waals surface area contributed by atoms with E-state index in [1.807, 2.05) is 0 Å². The maximum Gasteiger partial charge on any atom is 0.263 e. The number of aromatic nitrogens is 5. The van der Waals surface area contributed by atoms with Crippen molar-refractivity contribution in [2.24, 2.45) is 18.4 Å². The molecule has 0 saturated carbocycles. The lowest BCUT2D eigenvalue weighted by Crippen LogP contribution is -2.27. The summed E-state index contributed by atoms with van der Waals surface area (Å²) in [6, 6.07) is 0. The third kappa shape index (κ3) is 1.78. The fourth-order valence-electron chi connectivity index (χ4n) is 3.46. The van der Waals surface area contributed by atoms with Crippen molar-refractivity contribution in [3.63, 3.8) is 0 Å². The van der Waals surface area contributed by atoms with Crippen molar-refractivity contribution in [1.29, 1.82) is 0 Å². The van der Waals surface area contributed by atoms with E-state index in [2.05, 4.69) is 36.3 Å². The lowest BCUT2D eigenvalue weighted by molar-refractivity contribution is 0.218. The molecule has 6 nitrogen and oxygen atoms in total. The summed E-state index contributed by atoms with van der Waals surface area (Å²) in [7, 11) is 1.73. The van der Waals surface area contributed by atoms with Crippen LogP contribution >= 0.6 is 11.3 Å². The predicted molar refractivity (Wildman–Crippen MR) is 86.4 cm³/mol. The molecule has 0 fully saturated rings. The van der Waals surface area contributed by atoms with Crippen molar-refractivity contribution in [1.82, 2.24) is 24.6 Å². The standard InChI is InChI=1S/C15H19N5OS/c1-15(2,3)8-5-6-9-10(7-8)22-13-11(9)12(21)19(4)14-16-17-18-20(13)14/h8H,5-7H2,1-4H3. The summed E-state index contributed by atoms with van der Waals surface area (Å²) >= 11 is 1.68. The maximum atomic E-state index is 12.7. The van der Waals surface area contributed by atoms with Crippen LogP contribution in [0.15, 0.2) is 4.79 Å². The molecule has 22 heavy (non-hydrogen) atoms. The molecule has 0 bridgehead atoms. The Morgan fingerprint density at radius 2 is 2.09 bits per heavy atom. The smallest absolute Gasteiger partial charge is 0.263 e. The van der Waals surface area contributed by atoms with E-state index < -0.39 is 0 Å². The van der Waals surface area contributed by atoms with Gasteiger partial charge in [-0.3, -0.25) is 9.36 Å². The Morgan fingerprint density at radius 1 is 1.32 bits per heavy atom. The zero-order chi connectivity index (χ0) is 15.6. The van der Waals surface area contributed by atoms with Crippen LogP contribution in [0.1, 0.15) is 37.6 Å². The van der Waals surface area contributed by atoms with Gasteiger partial charge in [0, 0.05) is 11.9 Å². The average Bonchev–Trinajstić information content (AvgIpc) is 3.07. The van der Waals surface area contributed by atoms with Crippen LogP contribution in [0, 0.1) is 11.3 Å². The topological polar surface area (TPSA) is 65.1 Å². The van der Waals surface area contributed by atoms with Crippen LogP contribution in [0.25, 0.3) is 16.0 Å². The van der Waals surface area contributed by atoms with Crippen molar-refractivity contribution < 1.29 is 0 Å². The van der Waals surface area contributed by atoms with Crippen LogP contribution in [0.5, 0.6) is 0 Å². The Balaban J connectivity index is 2.00. The highest BCUT2D eigenvalue weighted by atomic mass is 32.1. The molecule has 0 aromatic carbocycles. The van der Waals surface area contributed by atoms with Crippen LogP contribution in [0.2, 0.25) is 0 Å². The average molecular weight is 317 g/mol. The number of thiophene rings is 1. The highest BCUT2D eigenvalue weighted by molar-refractivity contribution is 7.18. The molecular weight excluding hydrogens is 298 g/mol. The summed E-state index contributed by atoms with van der Waals surface area (Å²) in [4.78, 5) is 14.9. The first-order valence-electron chi connectivity index (χ1n) is 7.59. The second kappa shape index (κ2) is 4.38. The molecule has 7 heteroatoms. The molecule has 1 atom stereocenters. The van der Waals surface area contributed by atoms with Gasteiger partial charge in [-0.1, -0.05) is 25.9 Å². The molecule has 3 aromatic rings. The largest absolute Gasteiger partial charge is 0.278 e. The van der Waals surface area contributed by atoms with Crippen molar-refractivity contribution >= 4 is 27.3 Å². The second-order valence-corrected chi connectivity index (χ2v) is 8.33. The molecule has 0 aliphatic heterocycles. The van der Waals surface area contributed by atoms with Gasteiger partial charge in [0.2, 0.25) is 0 Å². The van der Waals surface area contributed by atoms with Gasteiger partial charge >= 0.3 is 0 Å². The summed E-state index contributed by atoms with van der Waals surface area (Å²) < 4.78 is 3.25. The SMILES string of the molecule is Cn1c(=O)c2c3c(sc2n2nnnc12)CC(C(C)(C)C)CC3. The highest BCUT2D eigenvalue weighted by Gasteiger charge is 2.32. The lowest BCUT2D eigenvalue weighted by atomic mass is 9.72. The predicted octanol–water partition coefficient (Wildman–Crippen LogP) is 2.19. The van der Waals surface area contributed by atoms with Gasteiger partial charge in [0.15, 0.2) is 0 Å². The minimum absolute atomic E-state index is 0.0176. The highest BCUT2D eigenvalue weighted by Crippen LogP contribution is 2.42. The number of hydrogen-bond acceptors (Lipinski definition) is 5. The molecular formula is C15H19N5OS. The van der Waals surface area contributed by atoms with E-state index in [1.165, 1.54) is 10.4 Å². The third-order valence-electron chi connectivity index (χ3n) is 4.94. The summed E-state index contributed by atoms with van der Waals surface area (Å²) in [6.45, 7) is 6.90. The number of aryl methyl sites for hydroxylation is 2. The van der Waals surface area contributed by atoms with Gasteiger partial charge in [-0.15, -0.1) is 11.3 Å². The van der Waals surface area contributed by atoms with E-state index in [0.29, 0.717) is 17.1 Å². The number of hydrogen-bond donors (Lipinski definition) is 0. The van der Waals surface area contributed by atoms with Crippen molar-refractivity contribution in [2.45, 2.75) is 40.0 Å². The van der Waals surface area contributed by atoms with E-state index in [4.69, 9.17) is 0 Å². The molecule has 0 saturated heterocycles. The first-order chi connectivity index (χ1) is 10.4. The van der Waals surface area contributed by atoms with E-state index in [-0.39, 0.29) is 5.56 Å². The van der Waals surface area contributed by atoms with E-state index in [0.717, 1.165) is 29.5 Å². The van der Waals surface area contributed by atoms with Gasteiger partial charge in [0.25, 0.3) is 11.3 Å². The van der Waals surface area contributed by atoms with Gasteiger partial charge in [-0.05, 0) is 46.6 Å². The molecule has 3 aromatic heterocycles. The molecule has 0 N–H and O–H groups in total. The molecule has 1 aliphatic carbocycles. The Hall–Kier alpha value is -1.76. The Labute approximate surface area is 131 Å². The maximum absolute atomic E-state index is 12.7. The zero-order valence-corrected chi connectivity index (χ0v) is 14.1. The van der Waals surface area contributed by atoms with Crippen LogP contribution in [-0.2, 0) is 19.9 Å². The van der Waals surface area contributed by atoms with E-state index in [1.54, 1.807) is 27.5 Å². The van der Waals surface area contributed by atoms with Crippen LogP contribution in [-0.4, -0.2) is 24.6 Å². The molecule has 0 spiro atoms. The molecule has 3 heterocycles. The first-order valence-corrected chi connectivity index (χ1v) is 8.41. The quantitative estimate of drug-likeness (QED) is 0.637. The summed E-state index contributed by atoms with van der Waals surface area (Å²) in [5.74, 6) is 1.16. The summed E-state index contributed by atoms with van der Waals surface area (Å²) in [5, 5.41) is 12.6. The molecule has 4 rings (SSSR count). The molecule has 0 radical (unpaired) electrons. The number of rotatable bonds is 0. The van der Waals surface area contributed by atoms with Crippen LogP contribution in [0.3, 0.4) is 0 Å². The fraction of sp³-hybridized carbons (Fsp3) is 0.600. The van der Waals surface area contributed by atoms with Crippen LogP contribution in [0.4, 0.5) is 0 Å². The van der Waals surface area contributed by atoms with Crippen molar-refractivity contribution in [3.8, 4) is 0 Å². The van der Waals surface area contributed by atoms with Crippen molar-refractivity contribution in [3.05, 3.63) is 20.8 Å². The van der Waals surface area contributed by atoms with Crippen molar-refractivity contribution in [2.75, 3.05) is 0 Å². The van der Waals surface area contributed by atoms with E-state index in [9.17, 15) is 4.79 Å². The first kappa shape index (κ1) is 13.9. The monoisotopic (exact) mass is 317 g/mol. The third-order valence-corrected chi connectivity index (χ3v) is 6.17. The Kier molecular flexibility index (Phi) is 2.76. The normalized spacial score (nSPS) is 19.0. The molecule has 1 unspecified atom stereocenters. The number of nitrogens with zero attached hydrogens (tertiary/aromatic N) is 5. The number of fused-ring (bicyclic) bond motifs is 5. The molecule has 1 aliphatic rings. The second-order valence-electron chi connectivity index (χ2n) is 7.24. The molecule has 116 valence electrons. The fourth-order valence-corrected chi connectivity index (χ4v) is 4.82. The minimum atomic E-state index is 0.0176. The summed E-state index contributed by atoms with van der Waals surface area (Å²) in [5.41, 5.74) is 1.53. The van der Waals surface area contributed by atoms with Gasteiger partial charge in [0.05, 0.1) is 5.39 Å². The van der Waals surface area contributed by atoms with Crippen LogP contribution < -0.4 is 5.56 Å². The van der Waals surface area contributed by atoms with E-state index >= 15 is 0 Å².